The van der Waals surface area contributed by atoms with Crippen molar-refractivity contribution in [3.63, 3.8) is 0 Å². The molecule has 14 heavy (non-hydrogen) atoms. The summed E-state index contributed by atoms with van der Waals surface area (Å²) < 4.78 is 0. The fraction of sp³-hybridized carbons (Fsp3) is 0.154. The van der Waals surface area contributed by atoms with Gasteiger partial charge in [-0.3, -0.25) is 4.79 Å². The standard InChI is InChI=1S/C13H14O/c1-3-7-13(11(2)14)10-12-8-5-4-6-9-12/h3-9H,1,10H2,2H3. The molecule has 1 nitrogen and oxygen atoms in total. The summed E-state index contributed by atoms with van der Waals surface area (Å²) in [7, 11) is 0. The molecule has 1 heteroatoms. The minimum absolute atomic E-state index is 0.105. The minimum atomic E-state index is 0.105. The van der Waals surface area contributed by atoms with Crippen LogP contribution < -0.4 is 0 Å². The first-order valence-corrected chi connectivity index (χ1v) is 4.60. The fourth-order valence-corrected chi connectivity index (χ4v) is 1.26. The number of carbonyl (C=O) groups is 1. The highest BCUT2D eigenvalue weighted by Gasteiger charge is 2.03. The molecule has 0 saturated carbocycles. The molecule has 0 atom stereocenters. The van der Waals surface area contributed by atoms with Crippen molar-refractivity contribution in [1.29, 1.82) is 0 Å². The van der Waals surface area contributed by atoms with Gasteiger partial charge in [0.25, 0.3) is 0 Å². The van der Waals surface area contributed by atoms with Crippen LogP contribution in [-0.2, 0) is 11.2 Å². The molecule has 72 valence electrons. The van der Waals surface area contributed by atoms with Gasteiger partial charge < -0.3 is 0 Å². The van der Waals surface area contributed by atoms with E-state index in [4.69, 9.17) is 0 Å². The normalized spacial score (nSPS) is 11.1. The summed E-state index contributed by atoms with van der Waals surface area (Å²) in [4.78, 5) is 11.2. The third kappa shape index (κ3) is 3.02. The summed E-state index contributed by atoms with van der Waals surface area (Å²) in [6.07, 6.45) is 4.11. The van der Waals surface area contributed by atoms with Crippen LogP contribution in [0.3, 0.4) is 0 Å². The van der Waals surface area contributed by atoms with E-state index in [2.05, 4.69) is 6.58 Å². The van der Waals surface area contributed by atoms with Gasteiger partial charge in [0.15, 0.2) is 5.78 Å². The van der Waals surface area contributed by atoms with Crippen LogP contribution in [0, 0.1) is 0 Å². The van der Waals surface area contributed by atoms with Gasteiger partial charge in [-0.2, -0.15) is 0 Å². The van der Waals surface area contributed by atoms with Gasteiger partial charge in [0.1, 0.15) is 0 Å². The maximum atomic E-state index is 11.2. The maximum absolute atomic E-state index is 11.2. The molecule has 0 aliphatic carbocycles. The largest absolute Gasteiger partial charge is 0.295 e. The molecule has 0 spiro atoms. The van der Waals surface area contributed by atoms with E-state index in [-0.39, 0.29) is 5.78 Å². The molecular weight excluding hydrogens is 172 g/mol. The number of benzene rings is 1. The first kappa shape index (κ1) is 10.5. The number of hydrogen-bond acceptors (Lipinski definition) is 1. The smallest absolute Gasteiger partial charge is 0.156 e. The van der Waals surface area contributed by atoms with Gasteiger partial charge >= 0.3 is 0 Å². The Kier molecular flexibility index (Phi) is 3.86. The first-order valence-electron chi connectivity index (χ1n) is 4.60. The number of rotatable bonds is 4. The van der Waals surface area contributed by atoms with Crippen LogP contribution in [0.1, 0.15) is 12.5 Å². The van der Waals surface area contributed by atoms with Crippen LogP contribution in [0.15, 0.2) is 54.6 Å². The van der Waals surface area contributed by atoms with E-state index in [0.29, 0.717) is 6.42 Å². The lowest BCUT2D eigenvalue weighted by molar-refractivity contribution is -0.113. The molecule has 0 radical (unpaired) electrons. The Hall–Kier alpha value is -1.63. The molecule has 1 aromatic rings. The van der Waals surface area contributed by atoms with Gasteiger partial charge in [-0.15, -0.1) is 0 Å². The van der Waals surface area contributed by atoms with E-state index in [1.165, 1.54) is 0 Å². The molecular formula is C13H14O. The average Bonchev–Trinajstić information content (AvgIpc) is 2.18. The van der Waals surface area contributed by atoms with Gasteiger partial charge in [-0.05, 0) is 18.1 Å². The number of ketones is 1. The third-order valence-corrected chi connectivity index (χ3v) is 2.01. The summed E-state index contributed by atoms with van der Waals surface area (Å²) in [6, 6.07) is 9.94. The third-order valence-electron chi connectivity index (χ3n) is 2.01. The van der Waals surface area contributed by atoms with E-state index < -0.39 is 0 Å². The topological polar surface area (TPSA) is 17.1 Å². The van der Waals surface area contributed by atoms with Crippen molar-refractivity contribution in [3.05, 3.63) is 60.2 Å². The second-order valence-electron chi connectivity index (χ2n) is 3.15. The van der Waals surface area contributed by atoms with E-state index in [1.807, 2.05) is 30.3 Å². The molecule has 0 bridgehead atoms. The van der Waals surface area contributed by atoms with Gasteiger partial charge in [0.05, 0.1) is 0 Å². The zero-order valence-electron chi connectivity index (χ0n) is 8.36. The Labute approximate surface area is 84.8 Å². The lowest BCUT2D eigenvalue weighted by atomic mass is 10.0. The summed E-state index contributed by atoms with van der Waals surface area (Å²) in [5, 5.41) is 0. The second-order valence-corrected chi connectivity index (χ2v) is 3.15. The van der Waals surface area contributed by atoms with E-state index in [0.717, 1.165) is 11.1 Å². The summed E-state index contributed by atoms with van der Waals surface area (Å²) in [5.41, 5.74) is 1.95. The highest BCUT2D eigenvalue weighted by atomic mass is 16.1. The average molecular weight is 186 g/mol. The Bertz CT molecular complexity index is 347. The predicted molar refractivity (Wildman–Crippen MR) is 59.1 cm³/mol. The van der Waals surface area contributed by atoms with Crippen LogP contribution in [0.4, 0.5) is 0 Å². The fourth-order valence-electron chi connectivity index (χ4n) is 1.26. The first-order chi connectivity index (χ1) is 6.74. The van der Waals surface area contributed by atoms with E-state index in [1.54, 1.807) is 19.1 Å². The van der Waals surface area contributed by atoms with Crippen molar-refractivity contribution in [2.75, 3.05) is 0 Å². The lowest BCUT2D eigenvalue weighted by Crippen LogP contribution is -2.00. The van der Waals surface area contributed by atoms with Crippen LogP contribution in [0.25, 0.3) is 0 Å². The summed E-state index contributed by atoms with van der Waals surface area (Å²) in [5.74, 6) is 0.105. The molecule has 0 aliphatic heterocycles. The van der Waals surface area contributed by atoms with E-state index >= 15 is 0 Å². The zero-order chi connectivity index (χ0) is 10.4. The van der Waals surface area contributed by atoms with Gasteiger partial charge in [0.2, 0.25) is 0 Å². The minimum Gasteiger partial charge on any atom is -0.295 e. The van der Waals surface area contributed by atoms with Gasteiger partial charge in [0, 0.05) is 6.42 Å². The summed E-state index contributed by atoms with van der Waals surface area (Å²) in [6.45, 7) is 5.18. The molecule has 1 rings (SSSR count). The molecule has 1 aromatic carbocycles. The lowest BCUT2D eigenvalue weighted by Gasteiger charge is -2.02. The number of Topliss-reactive ketones (excluding diaryl/α,β-unsaturated/α-hetero) is 1. The Morgan fingerprint density at radius 1 is 1.36 bits per heavy atom. The Morgan fingerprint density at radius 3 is 2.50 bits per heavy atom. The number of hydrogen-bond donors (Lipinski definition) is 0. The molecule has 0 heterocycles. The van der Waals surface area contributed by atoms with Crippen molar-refractivity contribution < 1.29 is 4.79 Å². The highest BCUT2D eigenvalue weighted by Crippen LogP contribution is 2.08. The van der Waals surface area contributed by atoms with Crippen LogP contribution in [0.2, 0.25) is 0 Å². The molecule has 0 amide bonds. The Morgan fingerprint density at radius 2 is 2.00 bits per heavy atom. The van der Waals surface area contributed by atoms with E-state index in [9.17, 15) is 4.79 Å². The van der Waals surface area contributed by atoms with Crippen molar-refractivity contribution in [2.45, 2.75) is 13.3 Å². The van der Waals surface area contributed by atoms with Crippen molar-refractivity contribution in [3.8, 4) is 0 Å². The monoisotopic (exact) mass is 186 g/mol. The second kappa shape index (κ2) is 5.18. The van der Waals surface area contributed by atoms with Crippen molar-refractivity contribution >= 4 is 5.78 Å². The molecule has 0 fully saturated rings. The quantitative estimate of drug-likeness (QED) is 0.522. The van der Waals surface area contributed by atoms with Crippen LogP contribution in [0.5, 0.6) is 0 Å². The predicted octanol–water partition coefficient (Wildman–Crippen LogP) is 2.93. The van der Waals surface area contributed by atoms with Crippen LogP contribution >= 0.6 is 0 Å². The van der Waals surface area contributed by atoms with Gasteiger partial charge in [-0.25, -0.2) is 0 Å². The van der Waals surface area contributed by atoms with Crippen molar-refractivity contribution in [2.24, 2.45) is 0 Å². The molecule has 0 unspecified atom stereocenters. The summed E-state index contributed by atoms with van der Waals surface area (Å²) >= 11 is 0. The molecule has 0 aromatic heterocycles. The van der Waals surface area contributed by atoms with Crippen LogP contribution in [-0.4, -0.2) is 5.78 Å². The molecule has 0 saturated heterocycles. The Balaban J connectivity index is 2.80. The van der Waals surface area contributed by atoms with Crippen molar-refractivity contribution in [1.82, 2.24) is 0 Å². The maximum Gasteiger partial charge on any atom is 0.156 e. The highest BCUT2D eigenvalue weighted by molar-refractivity contribution is 5.93. The zero-order valence-corrected chi connectivity index (χ0v) is 8.36. The van der Waals surface area contributed by atoms with Gasteiger partial charge in [-0.1, -0.05) is 49.1 Å². The molecule has 0 aliphatic rings. The number of allylic oxidation sites excluding steroid dienone is 3. The SMILES string of the molecule is C=CC=C(Cc1ccccc1)C(C)=O. The molecule has 0 N–H and O–H groups in total. The number of carbonyl (C=O) groups excluding carboxylic acids is 1.